The number of rotatable bonds is 3. The molecule has 1 heterocycles. The van der Waals surface area contributed by atoms with Gasteiger partial charge >= 0.3 is 0 Å². The number of nitrogens with two attached hydrogens (primary N) is 1. The number of aliphatic hydroxyl groups is 1. The minimum absolute atomic E-state index is 0.248. The SMILES string of the molecule is NCC(O)Cc1ncccn1. The second-order valence-corrected chi connectivity index (χ2v) is 2.26. The zero-order valence-electron chi connectivity index (χ0n) is 6.14. The largest absolute Gasteiger partial charge is 0.391 e. The van der Waals surface area contributed by atoms with Gasteiger partial charge in [-0.3, -0.25) is 0 Å². The highest BCUT2D eigenvalue weighted by Crippen LogP contribution is 1.92. The Kier molecular flexibility index (Phi) is 2.95. The van der Waals surface area contributed by atoms with Crippen LogP contribution in [0, 0.1) is 0 Å². The molecule has 4 heteroatoms. The van der Waals surface area contributed by atoms with Gasteiger partial charge in [0, 0.05) is 25.4 Å². The number of aliphatic hydroxyl groups excluding tert-OH is 1. The molecule has 0 saturated heterocycles. The van der Waals surface area contributed by atoms with Crippen molar-refractivity contribution in [1.82, 2.24) is 9.97 Å². The first kappa shape index (κ1) is 8.10. The van der Waals surface area contributed by atoms with Crippen molar-refractivity contribution >= 4 is 0 Å². The number of aromatic nitrogens is 2. The molecule has 11 heavy (non-hydrogen) atoms. The fraction of sp³-hybridized carbons (Fsp3) is 0.429. The molecule has 0 aromatic carbocycles. The van der Waals surface area contributed by atoms with Gasteiger partial charge in [-0.2, -0.15) is 0 Å². The third kappa shape index (κ3) is 2.61. The van der Waals surface area contributed by atoms with E-state index in [1.54, 1.807) is 18.5 Å². The van der Waals surface area contributed by atoms with E-state index in [0.29, 0.717) is 12.2 Å². The minimum Gasteiger partial charge on any atom is -0.391 e. The second-order valence-electron chi connectivity index (χ2n) is 2.26. The lowest BCUT2D eigenvalue weighted by molar-refractivity contribution is 0.181. The topological polar surface area (TPSA) is 72.0 Å². The van der Waals surface area contributed by atoms with Gasteiger partial charge in [0.1, 0.15) is 5.82 Å². The van der Waals surface area contributed by atoms with Crippen molar-refractivity contribution in [2.75, 3.05) is 6.54 Å². The summed E-state index contributed by atoms with van der Waals surface area (Å²) in [5, 5.41) is 9.11. The molecule has 0 amide bonds. The first-order chi connectivity index (χ1) is 5.33. The fourth-order valence-corrected chi connectivity index (χ4v) is 0.729. The molecular weight excluding hydrogens is 142 g/mol. The number of hydrogen-bond donors (Lipinski definition) is 2. The zero-order chi connectivity index (χ0) is 8.10. The standard InChI is InChI=1S/C7H11N3O/c8-5-6(11)4-7-9-2-1-3-10-7/h1-3,6,11H,4-5,8H2. The van der Waals surface area contributed by atoms with E-state index >= 15 is 0 Å². The Bertz CT molecular complexity index is 202. The fourth-order valence-electron chi connectivity index (χ4n) is 0.729. The van der Waals surface area contributed by atoms with Gasteiger partial charge in [-0.25, -0.2) is 9.97 Å². The van der Waals surface area contributed by atoms with E-state index in [-0.39, 0.29) is 6.54 Å². The molecule has 0 radical (unpaired) electrons. The lowest BCUT2D eigenvalue weighted by Gasteiger charge is -2.04. The molecule has 1 unspecified atom stereocenters. The summed E-state index contributed by atoms with van der Waals surface area (Å²) in [6.07, 6.45) is 3.19. The maximum atomic E-state index is 9.11. The zero-order valence-corrected chi connectivity index (χ0v) is 6.14. The molecule has 1 rings (SSSR count). The van der Waals surface area contributed by atoms with Crippen molar-refractivity contribution in [3.63, 3.8) is 0 Å². The Hall–Kier alpha value is -1.00. The summed E-state index contributed by atoms with van der Waals surface area (Å²) in [6.45, 7) is 0.248. The molecular formula is C7H11N3O. The van der Waals surface area contributed by atoms with Gasteiger partial charge < -0.3 is 10.8 Å². The molecule has 0 fully saturated rings. The van der Waals surface area contributed by atoms with Crippen LogP contribution in [0.15, 0.2) is 18.5 Å². The smallest absolute Gasteiger partial charge is 0.130 e. The van der Waals surface area contributed by atoms with Gasteiger partial charge in [-0.15, -0.1) is 0 Å². The molecule has 60 valence electrons. The summed E-state index contributed by atoms with van der Waals surface area (Å²) < 4.78 is 0. The van der Waals surface area contributed by atoms with Crippen molar-refractivity contribution < 1.29 is 5.11 Å². The summed E-state index contributed by atoms with van der Waals surface area (Å²) in [5.74, 6) is 0.630. The molecule has 1 aromatic heterocycles. The van der Waals surface area contributed by atoms with Crippen LogP contribution in [-0.2, 0) is 6.42 Å². The van der Waals surface area contributed by atoms with Crippen LogP contribution in [0.1, 0.15) is 5.82 Å². The summed E-state index contributed by atoms with van der Waals surface area (Å²) in [6, 6.07) is 1.73. The monoisotopic (exact) mass is 153 g/mol. The molecule has 0 bridgehead atoms. The molecule has 3 N–H and O–H groups in total. The van der Waals surface area contributed by atoms with E-state index < -0.39 is 6.10 Å². The van der Waals surface area contributed by atoms with Gasteiger partial charge in [0.15, 0.2) is 0 Å². The highest BCUT2D eigenvalue weighted by molar-refractivity contribution is 4.90. The van der Waals surface area contributed by atoms with Crippen LogP contribution in [0.4, 0.5) is 0 Å². The molecule has 1 atom stereocenters. The van der Waals surface area contributed by atoms with Crippen LogP contribution in [-0.4, -0.2) is 27.7 Å². The lowest BCUT2D eigenvalue weighted by Crippen LogP contribution is -2.22. The van der Waals surface area contributed by atoms with Crippen molar-refractivity contribution in [2.24, 2.45) is 5.73 Å². The lowest BCUT2D eigenvalue weighted by atomic mass is 10.2. The van der Waals surface area contributed by atoms with Crippen molar-refractivity contribution in [3.05, 3.63) is 24.3 Å². The Labute approximate surface area is 65.1 Å². The van der Waals surface area contributed by atoms with Crippen LogP contribution in [0.3, 0.4) is 0 Å². The molecule has 1 aromatic rings. The number of nitrogens with zero attached hydrogens (tertiary/aromatic N) is 2. The summed E-state index contributed by atoms with van der Waals surface area (Å²) >= 11 is 0. The van der Waals surface area contributed by atoms with Crippen molar-refractivity contribution in [1.29, 1.82) is 0 Å². The van der Waals surface area contributed by atoms with Gasteiger partial charge in [0.25, 0.3) is 0 Å². The predicted molar refractivity (Wildman–Crippen MR) is 40.8 cm³/mol. The van der Waals surface area contributed by atoms with Crippen molar-refractivity contribution in [3.8, 4) is 0 Å². The van der Waals surface area contributed by atoms with Crippen LogP contribution in [0.2, 0.25) is 0 Å². The summed E-state index contributed by atoms with van der Waals surface area (Å²) in [5.41, 5.74) is 5.21. The van der Waals surface area contributed by atoms with E-state index in [9.17, 15) is 0 Å². The molecule has 4 nitrogen and oxygen atoms in total. The summed E-state index contributed by atoms with van der Waals surface area (Å²) in [7, 11) is 0. The number of hydrogen-bond acceptors (Lipinski definition) is 4. The van der Waals surface area contributed by atoms with Gasteiger partial charge in [0.2, 0.25) is 0 Å². The van der Waals surface area contributed by atoms with Crippen LogP contribution < -0.4 is 5.73 Å². The van der Waals surface area contributed by atoms with Crippen LogP contribution in [0.5, 0.6) is 0 Å². The van der Waals surface area contributed by atoms with Gasteiger partial charge in [0.05, 0.1) is 6.10 Å². The molecule has 0 saturated carbocycles. The van der Waals surface area contributed by atoms with E-state index in [0.717, 1.165) is 0 Å². The normalized spacial score (nSPS) is 12.9. The maximum absolute atomic E-state index is 9.11. The predicted octanol–water partition coefficient (Wildman–Crippen LogP) is -0.661. The first-order valence-electron chi connectivity index (χ1n) is 3.47. The highest BCUT2D eigenvalue weighted by Gasteiger charge is 2.03. The highest BCUT2D eigenvalue weighted by atomic mass is 16.3. The third-order valence-electron chi connectivity index (χ3n) is 1.31. The second kappa shape index (κ2) is 4.00. The molecule has 0 spiro atoms. The Morgan fingerprint density at radius 3 is 2.64 bits per heavy atom. The quantitative estimate of drug-likeness (QED) is 0.604. The van der Waals surface area contributed by atoms with E-state index in [2.05, 4.69) is 9.97 Å². The average Bonchev–Trinajstić information content (AvgIpc) is 2.06. The Morgan fingerprint density at radius 1 is 1.45 bits per heavy atom. The minimum atomic E-state index is -0.530. The molecule has 0 aliphatic carbocycles. The van der Waals surface area contributed by atoms with E-state index in [4.69, 9.17) is 10.8 Å². The first-order valence-corrected chi connectivity index (χ1v) is 3.47. The Morgan fingerprint density at radius 2 is 2.09 bits per heavy atom. The molecule has 0 aliphatic heterocycles. The van der Waals surface area contributed by atoms with E-state index in [1.165, 1.54) is 0 Å². The van der Waals surface area contributed by atoms with Crippen LogP contribution >= 0.6 is 0 Å². The summed E-state index contributed by atoms with van der Waals surface area (Å²) in [4.78, 5) is 7.88. The van der Waals surface area contributed by atoms with Crippen LogP contribution in [0.25, 0.3) is 0 Å². The van der Waals surface area contributed by atoms with Crippen molar-refractivity contribution in [2.45, 2.75) is 12.5 Å². The maximum Gasteiger partial charge on any atom is 0.130 e. The van der Waals surface area contributed by atoms with Gasteiger partial charge in [-0.05, 0) is 6.07 Å². The van der Waals surface area contributed by atoms with Gasteiger partial charge in [-0.1, -0.05) is 0 Å². The van der Waals surface area contributed by atoms with E-state index in [1.807, 2.05) is 0 Å². The molecule has 0 aliphatic rings. The Balaban J connectivity index is 2.51. The average molecular weight is 153 g/mol. The third-order valence-corrected chi connectivity index (χ3v) is 1.31.